The molecule has 2 N–H and O–H groups in total. The van der Waals surface area contributed by atoms with Gasteiger partial charge in [-0.25, -0.2) is 4.79 Å². The number of nitrogens with zero attached hydrogens (tertiary/aromatic N) is 3. The van der Waals surface area contributed by atoms with E-state index in [0.29, 0.717) is 16.8 Å². The summed E-state index contributed by atoms with van der Waals surface area (Å²) < 4.78 is 43.8. The van der Waals surface area contributed by atoms with Crippen LogP contribution in [0.25, 0.3) is 0 Å². The van der Waals surface area contributed by atoms with Crippen LogP contribution in [0.1, 0.15) is 33.2 Å². The summed E-state index contributed by atoms with van der Waals surface area (Å²) in [4.78, 5) is 34.8. The van der Waals surface area contributed by atoms with Gasteiger partial charge in [0.25, 0.3) is 11.6 Å². The molecular weight excluding hydrogens is 405 g/mol. The molecule has 0 spiro atoms. The predicted molar refractivity (Wildman–Crippen MR) is 92.2 cm³/mol. The summed E-state index contributed by atoms with van der Waals surface area (Å²) in [5.74, 6) is -2.46. The molecule has 0 aliphatic heterocycles. The maximum absolute atomic E-state index is 12.8. The minimum Gasteiger partial charge on any atom is -0.462 e. The summed E-state index contributed by atoms with van der Waals surface area (Å²) in [5, 5.41) is 15.1. The standard InChI is InChI=1S/C15H13F3N4O5S/c1-3-27-14(24)10-11(19)21(20-12(10)28-2)13(23)8-5-4-7(15(16,17)18)6-9(8)22(25)26/h4-6H,3,19H2,1-2H3. The van der Waals surface area contributed by atoms with Crippen LogP contribution in [-0.2, 0) is 10.9 Å². The maximum Gasteiger partial charge on any atom is 0.416 e. The van der Waals surface area contributed by atoms with Gasteiger partial charge in [0, 0.05) is 6.07 Å². The molecule has 0 unspecified atom stereocenters. The van der Waals surface area contributed by atoms with Crippen molar-refractivity contribution >= 4 is 35.1 Å². The van der Waals surface area contributed by atoms with E-state index in [1.54, 1.807) is 13.2 Å². The van der Waals surface area contributed by atoms with Crippen molar-refractivity contribution in [3.8, 4) is 0 Å². The van der Waals surface area contributed by atoms with Crippen molar-refractivity contribution in [2.75, 3.05) is 18.6 Å². The fraction of sp³-hybridized carbons (Fsp3) is 0.267. The van der Waals surface area contributed by atoms with Gasteiger partial charge in [0.1, 0.15) is 22.0 Å². The third-order valence-electron chi connectivity index (χ3n) is 3.51. The summed E-state index contributed by atoms with van der Waals surface area (Å²) in [5.41, 5.74) is 2.55. The number of nitro benzene ring substituents is 1. The van der Waals surface area contributed by atoms with E-state index in [2.05, 4.69) is 5.10 Å². The zero-order valence-corrected chi connectivity index (χ0v) is 15.3. The lowest BCUT2D eigenvalue weighted by Gasteiger charge is -2.09. The fourth-order valence-corrected chi connectivity index (χ4v) is 2.81. The van der Waals surface area contributed by atoms with Gasteiger partial charge in [-0.1, -0.05) is 0 Å². The van der Waals surface area contributed by atoms with Gasteiger partial charge in [0.05, 0.1) is 17.1 Å². The molecule has 0 amide bonds. The Morgan fingerprint density at radius 1 is 1.39 bits per heavy atom. The monoisotopic (exact) mass is 418 g/mol. The van der Waals surface area contributed by atoms with Crippen LogP contribution in [0.2, 0.25) is 0 Å². The van der Waals surface area contributed by atoms with E-state index in [9.17, 15) is 32.9 Å². The van der Waals surface area contributed by atoms with E-state index >= 15 is 0 Å². The van der Waals surface area contributed by atoms with Crippen LogP contribution in [0.5, 0.6) is 0 Å². The van der Waals surface area contributed by atoms with Gasteiger partial charge in [-0.05, 0) is 25.3 Å². The maximum atomic E-state index is 12.8. The van der Waals surface area contributed by atoms with Gasteiger partial charge in [0.2, 0.25) is 0 Å². The minimum absolute atomic E-state index is 0.0234. The summed E-state index contributed by atoms with van der Waals surface area (Å²) in [6.07, 6.45) is -3.29. The van der Waals surface area contributed by atoms with E-state index < -0.39 is 45.6 Å². The second-order valence-corrected chi connectivity index (χ2v) is 5.99. The first kappa shape index (κ1) is 21.2. The number of anilines is 1. The van der Waals surface area contributed by atoms with E-state index in [1.807, 2.05) is 0 Å². The second kappa shape index (κ2) is 7.88. The van der Waals surface area contributed by atoms with E-state index in [1.165, 1.54) is 0 Å². The smallest absolute Gasteiger partial charge is 0.416 e. The molecular formula is C15H13F3N4O5S. The van der Waals surface area contributed by atoms with Crippen molar-refractivity contribution in [3.05, 3.63) is 45.0 Å². The number of alkyl halides is 3. The van der Waals surface area contributed by atoms with Crippen LogP contribution in [0.3, 0.4) is 0 Å². The number of thioether (sulfide) groups is 1. The molecule has 9 nitrogen and oxygen atoms in total. The normalized spacial score (nSPS) is 11.3. The largest absolute Gasteiger partial charge is 0.462 e. The molecule has 0 fully saturated rings. The Hall–Kier alpha value is -3.09. The summed E-state index contributed by atoms with van der Waals surface area (Å²) in [7, 11) is 0. The predicted octanol–water partition coefficient (Wildman–Crippen LogP) is 2.98. The minimum atomic E-state index is -4.83. The summed E-state index contributed by atoms with van der Waals surface area (Å²) >= 11 is 0.966. The third-order valence-corrected chi connectivity index (χ3v) is 4.18. The molecule has 2 aromatic rings. The van der Waals surface area contributed by atoms with Crippen LogP contribution in [0, 0.1) is 10.1 Å². The Balaban J connectivity index is 2.61. The molecule has 0 saturated carbocycles. The Morgan fingerprint density at radius 2 is 2.04 bits per heavy atom. The fourth-order valence-electron chi connectivity index (χ4n) is 2.26. The molecule has 1 heterocycles. The highest BCUT2D eigenvalue weighted by molar-refractivity contribution is 7.98. The Kier molecular flexibility index (Phi) is 5.97. The van der Waals surface area contributed by atoms with Crippen LogP contribution < -0.4 is 5.73 Å². The van der Waals surface area contributed by atoms with Gasteiger partial charge in [-0.15, -0.1) is 11.8 Å². The van der Waals surface area contributed by atoms with Gasteiger partial charge in [0.15, 0.2) is 0 Å². The number of carbonyl (C=O) groups excluding carboxylic acids is 2. The Morgan fingerprint density at radius 3 is 2.54 bits per heavy atom. The van der Waals surface area contributed by atoms with Gasteiger partial charge < -0.3 is 10.5 Å². The molecule has 0 saturated heterocycles. The first-order chi connectivity index (χ1) is 13.0. The van der Waals surface area contributed by atoms with Crippen molar-refractivity contribution in [2.24, 2.45) is 0 Å². The molecule has 28 heavy (non-hydrogen) atoms. The number of esters is 1. The van der Waals surface area contributed by atoms with Crippen LogP contribution in [-0.4, -0.2) is 39.4 Å². The first-order valence-electron chi connectivity index (χ1n) is 7.52. The van der Waals surface area contributed by atoms with Crippen molar-refractivity contribution in [1.29, 1.82) is 0 Å². The summed E-state index contributed by atoms with van der Waals surface area (Å²) in [6, 6.07) is 1.43. The average Bonchev–Trinajstić information content (AvgIpc) is 2.96. The number of nitro groups is 1. The van der Waals surface area contributed by atoms with Crippen LogP contribution in [0.15, 0.2) is 23.2 Å². The molecule has 13 heteroatoms. The van der Waals surface area contributed by atoms with Crippen LogP contribution in [0.4, 0.5) is 24.7 Å². The second-order valence-electron chi connectivity index (χ2n) is 5.19. The molecule has 0 aliphatic carbocycles. The number of benzene rings is 1. The number of nitrogens with two attached hydrogens (primary N) is 1. The van der Waals surface area contributed by atoms with Crippen LogP contribution >= 0.6 is 11.8 Å². The van der Waals surface area contributed by atoms with Crippen molar-refractivity contribution in [3.63, 3.8) is 0 Å². The van der Waals surface area contributed by atoms with Gasteiger partial charge in [-0.2, -0.15) is 23.0 Å². The molecule has 0 bridgehead atoms. The highest BCUT2D eigenvalue weighted by Crippen LogP contribution is 2.34. The van der Waals surface area contributed by atoms with E-state index in [4.69, 9.17) is 10.5 Å². The Bertz CT molecular complexity index is 958. The highest BCUT2D eigenvalue weighted by atomic mass is 32.2. The highest BCUT2D eigenvalue weighted by Gasteiger charge is 2.35. The topological polar surface area (TPSA) is 130 Å². The van der Waals surface area contributed by atoms with E-state index in [0.717, 1.165) is 11.8 Å². The number of halogens is 3. The molecule has 0 atom stereocenters. The number of aromatic nitrogens is 2. The van der Waals surface area contributed by atoms with Crippen molar-refractivity contribution in [2.45, 2.75) is 18.1 Å². The van der Waals surface area contributed by atoms with E-state index in [-0.39, 0.29) is 23.3 Å². The number of carbonyl (C=O) groups is 2. The number of hydrogen-bond acceptors (Lipinski definition) is 8. The van der Waals surface area contributed by atoms with Crippen molar-refractivity contribution < 1.29 is 32.4 Å². The average molecular weight is 418 g/mol. The number of hydrogen-bond donors (Lipinski definition) is 1. The SMILES string of the molecule is CCOC(=O)c1c(SC)nn(C(=O)c2ccc(C(F)(F)F)cc2[N+](=O)[O-])c1N. The number of ether oxygens (including phenoxy) is 1. The summed E-state index contributed by atoms with van der Waals surface area (Å²) in [6.45, 7) is 1.57. The molecule has 150 valence electrons. The first-order valence-corrected chi connectivity index (χ1v) is 8.75. The molecule has 0 radical (unpaired) electrons. The number of rotatable bonds is 5. The lowest BCUT2D eigenvalue weighted by atomic mass is 10.1. The molecule has 1 aromatic carbocycles. The van der Waals surface area contributed by atoms with Gasteiger partial charge in [-0.3, -0.25) is 14.9 Å². The van der Waals surface area contributed by atoms with Crippen molar-refractivity contribution in [1.82, 2.24) is 9.78 Å². The molecule has 0 aliphatic rings. The lowest BCUT2D eigenvalue weighted by Crippen LogP contribution is -2.19. The molecule has 2 rings (SSSR count). The van der Waals surface area contributed by atoms with Gasteiger partial charge >= 0.3 is 12.1 Å². The zero-order chi connectivity index (χ0) is 21.2. The molecule has 1 aromatic heterocycles. The Labute approximate surface area is 159 Å². The lowest BCUT2D eigenvalue weighted by molar-refractivity contribution is -0.385. The number of nitrogen functional groups attached to an aromatic ring is 1. The zero-order valence-electron chi connectivity index (χ0n) is 14.4. The quantitative estimate of drug-likeness (QED) is 0.339. The third kappa shape index (κ3) is 3.93.